The Labute approximate surface area is 134 Å². The van der Waals surface area contributed by atoms with Gasteiger partial charge in [0, 0.05) is 38.4 Å². The Morgan fingerprint density at radius 2 is 2.35 bits per heavy atom. The zero-order valence-corrected chi connectivity index (χ0v) is 13.3. The molecule has 2 aliphatic heterocycles. The molecule has 3 rings (SSSR count). The SMILES string of the molecule is CNC(=O)[C@]12CCOC[C@H]1CN(C(=O)c1cc(C#N)[nH]c1C)C2. The van der Waals surface area contributed by atoms with Crippen molar-refractivity contribution in [1.82, 2.24) is 15.2 Å². The fourth-order valence-electron chi connectivity index (χ4n) is 3.74. The number of aryl methyl sites for hydroxylation is 1. The number of rotatable bonds is 2. The monoisotopic (exact) mass is 316 g/mol. The number of carbonyl (C=O) groups excluding carboxylic acids is 2. The molecule has 7 heteroatoms. The predicted octanol–water partition coefficient (Wildman–Crippen LogP) is 0.420. The predicted molar refractivity (Wildman–Crippen MR) is 81.6 cm³/mol. The summed E-state index contributed by atoms with van der Waals surface area (Å²) >= 11 is 0. The molecule has 0 bridgehead atoms. The number of carbonyl (C=O) groups is 2. The first-order chi connectivity index (χ1) is 11.0. The molecule has 1 aromatic heterocycles. The van der Waals surface area contributed by atoms with E-state index in [-0.39, 0.29) is 17.7 Å². The normalized spacial score (nSPS) is 26.5. The van der Waals surface area contributed by atoms with Crippen LogP contribution in [-0.4, -0.2) is 55.0 Å². The Kier molecular flexibility index (Phi) is 3.86. The second-order valence-corrected chi connectivity index (χ2v) is 6.28. The minimum atomic E-state index is -0.565. The lowest BCUT2D eigenvalue weighted by molar-refractivity contribution is -0.138. The van der Waals surface area contributed by atoms with Gasteiger partial charge >= 0.3 is 0 Å². The Morgan fingerprint density at radius 3 is 3.00 bits per heavy atom. The fourth-order valence-corrected chi connectivity index (χ4v) is 3.74. The maximum absolute atomic E-state index is 12.8. The molecular formula is C16H20N4O3. The average Bonchev–Trinajstić information content (AvgIpc) is 3.14. The molecule has 2 amide bonds. The fraction of sp³-hybridized carbons (Fsp3) is 0.562. The molecule has 3 heterocycles. The van der Waals surface area contributed by atoms with Crippen molar-refractivity contribution in [2.45, 2.75) is 13.3 Å². The molecule has 0 unspecified atom stereocenters. The van der Waals surface area contributed by atoms with E-state index in [1.165, 1.54) is 0 Å². The molecule has 0 aromatic carbocycles. The van der Waals surface area contributed by atoms with Crippen LogP contribution in [0.3, 0.4) is 0 Å². The van der Waals surface area contributed by atoms with Gasteiger partial charge in [-0.1, -0.05) is 0 Å². The summed E-state index contributed by atoms with van der Waals surface area (Å²) in [6, 6.07) is 3.58. The Balaban J connectivity index is 1.87. The topological polar surface area (TPSA) is 98.2 Å². The lowest BCUT2D eigenvalue weighted by atomic mass is 9.73. The molecule has 0 saturated carbocycles. The molecule has 2 saturated heterocycles. The van der Waals surface area contributed by atoms with E-state index in [9.17, 15) is 9.59 Å². The first-order valence-electron chi connectivity index (χ1n) is 7.70. The molecule has 2 atom stereocenters. The maximum atomic E-state index is 12.8. The van der Waals surface area contributed by atoms with E-state index >= 15 is 0 Å². The Bertz CT molecular complexity index is 690. The van der Waals surface area contributed by atoms with Crippen LogP contribution in [0.25, 0.3) is 0 Å². The lowest BCUT2D eigenvalue weighted by Gasteiger charge is -2.36. The Hall–Kier alpha value is -2.33. The standard InChI is InChI=1S/C16H20N4O3/c1-10-13(5-12(6-17)19-10)14(21)20-7-11-8-23-4-3-16(11,9-20)15(22)18-2/h5,11,19H,3-4,7-9H2,1-2H3,(H,18,22)/t11-,16+/m1/s1. The van der Waals surface area contributed by atoms with E-state index in [1.54, 1.807) is 24.9 Å². The number of fused-ring (bicyclic) bond motifs is 1. The van der Waals surface area contributed by atoms with E-state index in [0.29, 0.717) is 49.7 Å². The second-order valence-electron chi connectivity index (χ2n) is 6.28. The van der Waals surface area contributed by atoms with Crippen LogP contribution in [0.15, 0.2) is 6.07 Å². The highest BCUT2D eigenvalue weighted by Crippen LogP contribution is 2.42. The van der Waals surface area contributed by atoms with Crippen LogP contribution in [-0.2, 0) is 9.53 Å². The third kappa shape index (κ3) is 2.39. The third-order valence-electron chi connectivity index (χ3n) is 5.04. The number of hydrogen-bond acceptors (Lipinski definition) is 4. The summed E-state index contributed by atoms with van der Waals surface area (Å²) in [5.41, 5.74) is 0.969. The number of ether oxygens (including phenoxy) is 1. The van der Waals surface area contributed by atoms with Gasteiger partial charge in [0.1, 0.15) is 11.8 Å². The molecule has 2 fully saturated rings. The van der Waals surface area contributed by atoms with Crippen LogP contribution in [0.2, 0.25) is 0 Å². The number of amides is 2. The van der Waals surface area contributed by atoms with Gasteiger partial charge in [0.15, 0.2) is 0 Å². The van der Waals surface area contributed by atoms with E-state index in [2.05, 4.69) is 10.3 Å². The summed E-state index contributed by atoms with van der Waals surface area (Å²) in [6.45, 7) is 3.69. The summed E-state index contributed by atoms with van der Waals surface area (Å²) in [6.07, 6.45) is 0.622. The van der Waals surface area contributed by atoms with Gasteiger partial charge in [-0.2, -0.15) is 5.26 Å². The van der Waals surface area contributed by atoms with Gasteiger partial charge in [0.2, 0.25) is 5.91 Å². The molecule has 1 aromatic rings. The molecule has 7 nitrogen and oxygen atoms in total. The van der Waals surface area contributed by atoms with Crippen LogP contribution in [0.5, 0.6) is 0 Å². The second kappa shape index (κ2) is 5.70. The molecule has 23 heavy (non-hydrogen) atoms. The van der Waals surface area contributed by atoms with Crippen molar-refractivity contribution in [3.05, 3.63) is 23.0 Å². The van der Waals surface area contributed by atoms with Gasteiger partial charge in [0.05, 0.1) is 17.6 Å². The molecule has 0 aliphatic carbocycles. The van der Waals surface area contributed by atoms with Gasteiger partial charge in [-0.3, -0.25) is 9.59 Å². The van der Waals surface area contributed by atoms with E-state index < -0.39 is 5.41 Å². The van der Waals surface area contributed by atoms with Crippen molar-refractivity contribution < 1.29 is 14.3 Å². The molecular weight excluding hydrogens is 296 g/mol. The maximum Gasteiger partial charge on any atom is 0.255 e. The van der Waals surface area contributed by atoms with Crippen LogP contribution >= 0.6 is 0 Å². The Morgan fingerprint density at radius 1 is 1.57 bits per heavy atom. The quantitative estimate of drug-likeness (QED) is 0.826. The first-order valence-corrected chi connectivity index (χ1v) is 7.70. The average molecular weight is 316 g/mol. The van der Waals surface area contributed by atoms with Crippen LogP contribution in [0, 0.1) is 29.6 Å². The molecule has 0 radical (unpaired) electrons. The van der Waals surface area contributed by atoms with Crippen molar-refractivity contribution in [3.8, 4) is 6.07 Å². The number of aromatic nitrogens is 1. The van der Waals surface area contributed by atoms with E-state index in [4.69, 9.17) is 10.00 Å². The number of nitrogens with zero attached hydrogens (tertiary/aromatic N) is 2. The molecule has 2 aliphatic rings. The summed E-state index contributed by atoms with van der Waals surface area (Å²) in [5, 5.41) is 11.7. The summed E-state index contributed by atoms with van der Waals surface area (Å²) in [5.74, 6) is -0.155. The number of likely N-dealkylation sites (tertiary alicyclic amines) is 1. The summed E-state index contributed by atoms with van der Waals surface area (Å²) < 4.78 is 5.51. The van der Waals surface area contributed by atoms with Gasteiger partial charge < -0.3 is 19.9 Å². The number of nitriles is 1. The van der Waals surface area contributed by atoms with E-state index in [0.717, 1.165) is 0 Å². The van der Waals surface area contributed by atoms with Gasteiger partial charge in [-0.15, -0.1) is 0 Å². The van der Waals surface area contributed by atoms with Crippen LogP contribution < -0.4 is 5.32 Å². The summed E-state index contributed by atoms with van der Waals surface area (Å²) in [7, 11) is 1.63. The third-order valence-corrected chi connectivity index (χ3v) is 5.04. The molecule has 2 N–H and O–H groups in total. The largest absolute Gasteiger partial charge is 0.381 e. The summed E-state index contributed by atoms with van der Waals surface area (Å²) in [4.78, 5) is 29.9. The number of hydrogen-bond donors (Lipinski definition) is 2. The number of aromatic amines is 1. The van der Waals surface area contributed by atoms with E-state index in [1.807, 2.05) is 6.07 Å². The van der Waals surface area contributed by atoms with Gasteiger partial charge in [-0.25, -0.2) is 0 Å². The smallest absolute Gasteiger partial charge is 0.255 e. The minimum Gasteiger partial charge on any atom is -0.381 e. The highest BCUT2D eigenvalue weighted by Gasteiger charge is 2.54. The highest BCUT2D eigenvalue weighted by molar-refractivity contribution is 5.97. The van der Waals surface area contributed by atoms with Crippen LogP contribution in [0.4, 0.5) is 0 Å². The van der Waals surface area contributed by atoms with Gasteiger partial charge in [-0.05, 0) is 19.4 Å². The molecule has 122 valence electrons. The number of H-pyrrole nitrogens is 1. The van der Waals surface area contributed by atoms with Crippen LogP contribution in [0.1, 0.15) is 28.2 Å². The van der Waals surface area contributed by atoms with Crippen molar-refractivity contribution in [3.63, 3.8) is 0 Å². The first kappa shape index (κ1) is 15.6. The number of nitrogens with one attached hydrogen (secondary N) is 2. The minimum absolute atomic E-state index is 0.00911. The highest BCUT2D eigenvalue weighted by atomic mass is 16.5. The van der Waals surface area contributed by atoms with Crippen molar-refractivity contribution in [2.75, 3.05) is 33.4 Å². The van der Waals surface area contributed by atoms with Crippen molar-refractivity contribution >= 4 is 11.8 Å². The lowest BCUT2D eigenvalue weighted by Crippen LogP contribution is -2.49. The van der Waals surface area contributed by atoms with Crippen molar-refractivity contribution in [2.24, 2.45) is 11.3 Å². The zero-order valence-electron chi connectivity index (χ0n) is 13.3. The molecule has 0 spiro atoms. The zero-order chi connectivity index (χ0) is 16.6. The van der Waals surface area contributed by atoms with Gasteiger partial charge in [0.25, 0.3) is 5.91 Å². The van der Waals surface area contributed by atoms with Crippen molar-refractivity contribution in [1.29, 1.82) is 5.26 Å².